The minimum absolute atomic E-state index is 0.451. The molecule has 1 aliphatic heterocycles. The Morgan fingerprint density at radius 1 is 1.43 bits per heavy atom. The number of aryl methyl sites for hydroxylation is 1. The van der Waals surface area contributed by atoms with E-state index in [-0.39, 0.29) is 0 Å². The van der Waals surface area contributed by atoms with Gasteiger partial charge in [-0.05, 0) is 6.92 Å². The van der Waals surface area contributed by atoms with E-state index in [0.717, 1.165) is 23.0 Å². The number of rotatable bonds is 2. The summed E-state index contributed by atoms with van der Waals surface area (Å²) in [4.78, 5) is 8.65. The van der Waals surface area contributed by atoms with Crippen molar-refractivity contribution >= 4 is 17.6 Å². The highest BCUT2D eigenvalue weighted by Crippen LogP contribution is 2.34. The van der Waals surface area contributed by atoms with Crippen molar-refractivity contribution in [3.05, 3.63) is 11.5 Å². The van der Waals surface area contributed by atoms with Crippen LogP contribution in [0.5, 0.6) is 5.75 Å². The summed E-state index contributed by atoms with van der Waals surface area (Å²) in [6.45, 7) is 1.90. The van der Waals surface area contributed by atoms with Crippen LogP contribution in [0.1, 0.15) is 17.4 Å². The molecule has 14 heavy (non-hydrogen) atoms. The summed E-state index contributed by atoms with van der Waals surface area (Å²) in [5, 5.41) is 0. The van der Waals surface area contributed by atoms with Gasteiger partial charge in [0.2, 0.25) is 0 Å². The maximum atomic E-state index is 5.77. The number of ether oxygens (including phenoxy) is 1. The van der Waals surface area contributed by atoms with Gasteiger partial charge >= 0.3 is 0 Å². The Hall–Kier alpha value is -0.970. The zero-order valence-corrected chi connectivity index (χ0v) is 9.10. The van der Waals surface area contributed by atoms with Crippen LogP contribution in [0.25, 0.3) is 0 Å². The molecule has 1 fully saturated rings. The Kier molecular flexibility index (Phi) is 2.50. The van der Waals surface area contributed by atoms with E-state index in [9.17, 15) is 0 Å². The largest absolute Gasteiger partial charge is 0.491 e. The standard InChI is InChI=1S/C9H13N3OS/c1-5-7(13-2)8(10)12-9(11-5)6-3-14-4-6/h6H,3-4H2,1-2H3,(H2,10,11,12). The molecule has 1 saturated heterocycles. The van der Waals surface area contributed by atoms with Crippen LogP contribution in [0.3, 0.4) is 0 Å². The summed E-state index contributed by atoms with van der Waals surface area (Å²) in [6.07, 6.45) is 0. The van der Waals surface area contributed by atoms with E-state index in [0.29, 0.717) is 17.5 Å². The smallest absolute Gasteiger partial charge is 0.182 e. The van der Waals surface area contributed by atoms with Crippen LogP contribution in [-0.2, 0) is 0 Å². The number of nitrogens with two attached hydrogens (primary N) is 1. The van der Waals surface area contributed by atoms with Crippen molar-refractivity contribution in [2.45, 2.75) is 12.8 Å². The molecule has 0 saturated carbocycles. The first kappa shape index (κ1) is 9.58. The highest BCUT2D eigenvalue weighted by Gasteiger charge is 2.24. The summed E-state index contributed by atoms with van der Waals surface area (Å²) in [6, 6.07) is 0. The molecule has 0 atom stereocenters. The highest BCUT2D eigenvalue weighted by atomic mass is 32.2. The number of nitrogens with zero attached hydrogens (tertiary/aromatic N) is 2. The number of nitrogen functional groups attached to an aromatic ring is 1. The van der Waals surface area contributed by atoms with Crippen molar-refractivity contribution < 1.29 is 4.74 Å². The van der Waals surface area contributed by atoms with Gasteiger partial charge in [-0.2, -0.15) is 11.8 Å². The third kappa shape index (κ3) is 1.52. The second kappa shape index (κ2) is 3.65. The van der Waals surface area contributed by atoms with Gasteiger partial charge in [-0.25, -0.2) is 9.97 Å². The average Bonchev–Trinajstić information content (AvgIpc) is 2.00. The Morgan fingerprint density at radius 3 is 2.57 bits per heavy atom. The molecular formula is C9H13N3OS. The first-order chi connectivity index (χ1) is 6.72. The molecule has 1 aromatic rings. The zero-order chi connectivity index (χ0) is 10.1. The van der Waals surface area contributed by atoms with Crippen molar-refractivity contribution in [3.8, 4) is 5.75 Å². The first-order valence-corrected chi connectivity index (χ1v) is 5.63. The fourth-order valence-electron chi connectivity index (χ4n) is 1.43. The number of hydrogen-bond acceptors (Lipinski definition) is 5. The maximum Gasteiger partial charge on any atom is 0.182 e. The van der Waals surface area contributed by atoms with E-state index in [1.165, 1.54) is 0 Å². The number of thioether (sulfide) groups is 1. The molecule has 0 unspecified atom stereocenters. The lowest BCUT2D eigenvalue weighted by Gasteiger charge is -2.24. The second-order valence-electron chi connectivity index (χ2n) is 3.32. The van der Waals surface area contributed by atoms with Gasteiger partial charge in [0.1, 0.15) is 5.82 Å². The minimum atomic E-state index is 0.451. The Morgan fingerprint density at radius 2 is 2.14 bits per heavy atom. The van der Waals surface area contributed by atoms with Crippen LogP contribution in [-0.4, -0.2) is 28.6 Å². The molecule has 0 aromatic carbocycles. The Balaban J connectivity index is 2.35. The summed E-state index contributed by atoms with van der Waals surface area (Å²) in [5.41, 5.74) is 6.59. The normalized spacial score (nSPS) is 16.4. The molecule has 4 nitrogen and oxygen atoms in total. The number of hydrogen-bond donors (Lipinski definition) is 1. The van der Waals surface area contributed by atoms with Gasteiger partial charge in [0.05, 0.1) is 12.8 Å². The van der Waals surface area contributed by atoms with Gasteiger partial charge in [-0.15, -0.1) is 0 Å². The molecule has 0 aliphatic carbocycles. The van der Waals surface area contributed by atoms with Gasteiger partial charge < -0.3 is 10.5 Å². The molecular weight excluding hydrogens is 198 g/mol. The number of methoxy groups -OCH3 is 1. The van der Waals surface area contributed by atoms with Crippen molar-refractivity contribution in [1.29, 1.82) is 0 Å². The molecule has 5 heteroatoms. The lowest BCUT2D eigenvalue weighted by molar-refractivity contribution is 0.408. The van der Waals surface area contributed by atoms with E-state index in [2.05, 4.69) is 9.97 Å². The van der Waals surface area contributed by atoms with Gasteiger partial charge in [-0.1, -0.05) is 0 Å². The van der Waals surface area contributed by atoms with Crippen LogP contribution in [0.2, 0.25) is 0 Å². The zero-order valence-electron chi connectivity index (χ0n) is 8.28. The fourth-order valence-corrected chi connectivity index (χ4v) is 2.20. The van der Waals surface area contributed by atoms with E-state index in [1.807, 2.05) is 18.7 Å². The van der Waals surface area contributed by atoms with Gasteiger partial charge in [-0.3, -0.25) is 0 Å². The Labute approximate surface area is 87.3 Å². The summed E-state index contributed by atoms with van der Waals surface area (Å²) < 4.78 is 5.11. The van der Waals surface area contributed by atoms with Crippen molar-refractivity contribution in [2.75, 3.05) is 24.3 Å². The van der Waals surface area contributed by atoms with Crippen molar-refractivity contribution in [1.82, 2.24) is 9.97 Å². The predicted molar refractivity (Wildman–Crippen MR) is 57.8 cm³/mol. The molecule has 0 spiro atoms. The van der Waals surface area contributed by atoms with E-state index in [4.69, 9.17) is 10.5 Å². The number of aromatic nitrogens is 2. The predicted octanol–water partition coefficient (Wildman–Crippen LogP) is 1.21. The third-order valence-corrected chi connectivity index (χ3v) is 3.56. The van der Waals surface area contributed by atoms with E-state index in [1.54, 1.807) is 7.11 Å². The molecule has 2 rings (SSSR count). The van der Waals surface area contributed by atoms with E-state index < -0.39 is 0 Å². The molecule has 0 bridgehead atoms. The second-order valence-corrected chi connectivity index (χ2v) is 4.40. The molecule has 2 N–H and O–H groups in total. The summed E-state index contributed by atoms with van der Waals surface area (Å²) in [5.74, 6) is 4.59. The van der Waals surface area contributed by atoms with E-state index >= 15 is 0 Å². The molecule has 0 radical (unpaired) electrons. The monoisotopic (exact) mass is 211 g/mol. The van der Waals surface area contributed by atoms with Crippen LogP contribution >= 0.6 is 11.8 Å². The van der Waals surface area contributed by atoms with Crippen LogP contribution < -0.4 is 10.5 Å². The quantitative estimate of drug-likeness (QED) is 0.796. The molecule has 1 aromatic heterocycles. The van der Waals surface area contributed by atoms with Crippen LogP contribution in [0.15, 0.2) is 0 Å². The molecule has 76 valence electrons. The van der Waals surface area contributed by atoms with Crippen molar-refractivity contribution in [2.24, 2.45) is 0 Å². The van der Waals surface area contributed by atoms with Gasteiger partial charge in [0.15, 0.2) is 11.6 Å². The molecule has 1 aliphatic rings. The van der Waals surface area contributed by atoms with Gasteiger partial charge in [0.25, 0.3) is 0 Å². The Bertz CT molecular complexity index is 329. The molecule has 0 amide bonds. The lowest BCUT2D eigenvalue weighted by atomic mass is 10.2. The van der Waals surface area contributed by atoms with Crippen LogP contribution in [0.4, 0.5) is 5.82 Å². The lowest BCUT2D eigenvalue weighted by Crippen LogP contribution is -2.20. The fraction of sp³-hybridized carbons (Fsp3) is 0.556. The minimum Gasteiger partial charge on any atom is -0.491 e. The topological polar surface area (TPSA) is 61.0 Å². The summed E-state index contributed by atoms with van der Waals surface area (Å²) >= 11 is 1.91. The SMILES string of the molecule is COc1c(C)nc(C2CSC2)nc1N. The highest BCUT2D eigenvalue weighted by molar-refractivity contribution is 8.00. The number of anilines is 1. The van der Waals surface area contributed by atoms with Gasteiger partial charge in [0, 0.05) is 17.4 Å². The first-order valence-electron chi connectivity index (χ1n) is 4.48. The summed E-state index contributed by atoms with van der Waals surface area (Å²) in [7, 11) is 1.58. The van der Waals surface area contributed by atoms with Crippen molar-refractivity contribution in [3.63, 3.8) is 0 Å². The molecule has 2 heterocycles. The third-order valence-electron chi connectivity index (χ3n) is 2.29. The maximum absolute atomic E-state index is 5.77. The average molecular weight is 211 g/mol. The van der Waals surface area contributed by atoms with Crippen LogP contribution in [0, 0.1) is 6.92 Å².